The van der Waals surface area contributed by atoms with Crippen molar-refractivity contribution in [1.29, 1.82) is 0 Å². The number of nitrogens with one attached hydrogen (secondary N) is 1. The minimum absolute atomic E-state index is 0.00398. The Morgan fingerprint density at radius 1 is 1.12 bits per heavy atom. The van der Waals surface area contributed by atoms with Gasteiger partial charge in [-0.25, -0.2) is 0 Å². The van der Waals surface area contributed by atoms with Crippen molar-refractivity contribution in [1.82, 2.24) is 10.2 Å². The predicted octanol–water partition coefficient (Wildman–Crippen LogP) is 2.95. The van der Waals surface area contributed by atoms with Crippen molar-refractivity contribution >= 4 is 50.7 Å². The molecule has 0 unspecified atom stereocenters. The van der Waals surface area contributed by atoms with Crippen molar-refractivity contribution in [3.05, 3.63) is 34.4 Å². The van der Waals surface area contributed by atoms with Gasteiger partial charge in [0.25, 0.3) is 11.6 Å². The van der Waals surface area contributed by atoms with E-state index in [9.17, 15) is 24.5 Å². The van der Waals surface area contributed by atoms with E-state index in [0.717, 1.165) is 11.3 Å². The van der Waals surface area contributed by atoms with E-state index in [0.29, 0.717) is 23.4 Å². The van der Waals surface area contributed by atoms with Crippen LogP contribution in [0.15, 0.2) is 24.3 Å². The van der Waals surface area contributed by atoms with E-state index in [1.165, 1.54) is 24.3 Å². The maximum absolute atomic E-state index is 11.8. The van der Waals surface area contributed by atoms with Crippen LogP contribution in [-0.2, 0) is 14.4 Å². The number of hydrogen-bond acceptors (Lipinski definition) is 8. The Bertz CT molecular complexity index is 837. The van der Waals surface area contributed by atoms with Crippen LogP contribution in [0.5, 0.6) is 0 Å². The van der Waals surface area contributed by atoms with Crippen LogP contribution in [0.2, 0.25) is 0 Å². The maximum atomic E-state index is 11.8. The van der Waals surface area contributed by atoms with Gasteiger partial charge in [-0.1, -0.05) is 11.3 Å². The van der Waals surface area contributed by atoms with Gasteiger partial charge in [0.1, 0.15) is 5.01 Å². The van der Waals surface area contributed by atoms with Crippen LogP contribution >= 0.6 is 22.9 Å². The Morgan fingerprint density at radius 3 is 2.38 bits per heavy atom. The molecule has 9 nitrogen and oxygen atoms in total. The number of nitrogens with zero attached hydrogens (tertiary/aromatic N) is 3. The van der Waals surface area contributed by atoms with Gasteiger partial charge >= 0.3 is 0 Å². The molecule has 0 spiro atoms. The Morgan fingerprint density at radius 2 is 1.77 bits per heavy atom. The number of carbonyl (C=O) groups is 3. The van der Waals surface area contributed by atoms with Crippen LogP contribution in [0, 0.1) is 10.1 Å². The van der Waals surface area contributed by atoms with E-state index in [1.807, 2.05) is 0 Å². The van der Waals surface area contributed by atoms with Gasteiger partial charge in [-0.15, -0.1) is 10.2 Å². The number of ketones is 1. The van der Waals surface area contributed by atoms with Gasteiger partial charge < -0.3 is 0 Å². The highest BCUT2D eigenvalue weighted by atomic mass is 35.5. The first-order chi connectivity index (χ1) is 12.4. The summed E-state index contributed by atoms with van der Waals surface area (Å²) < 4.78 is 0. The number of nitro benzene ring substituents is 1. The zero-order valence-electron chi connectivity index (χ0n) is 13.3. The number of aromatic nitrogens is 2. The average molecular weight is 397 g/mol. The number of rotatable bonds is 9. The molecule has 26 heavy (non-hydrogen) atoms. The van der Waals surface area contributed by atoms with Crippen molar-refractivity contribution in [3.63, 3.8) is 0 Å². The van der Waals surface area contributed by atoms with E-state index in [2.05, 4.69) is 15.5 Å². The maximum Gasteiger partial charge on any atom is 0.293 e. The molecule has 0 radical (unpaired) electrons. The fourth-order valence-corrected chi connectivity index (χ4v) is 2.82. The highest BCUT2D eigenvalue weighted by Gasteiger charge is 2.16. The lowest BCUT2D eigenvalue weighted by atomic mass is 10.1. The molecule has 0 saturated heterocycles. The van der Waals surface area contributed by atoms with Crippen LogP contribution in [0.25, 0.3) is 10.6 Å². The number of non-ortho nitro benzene ring substituents is 1. The van der Waals surface area contributed by atoms with Crippen molar-refractivity contribution < 1.29 is 19.3 Å². The normalized spacial score (nSPS) is 10.3. The topological polar surface area (TPSA) is 132 Å². The number of hydrogen-bond donors (Lipinski definition) is 1. The number of unbranched alkanes of at least 4 members (excludes halogenated alkanes) is 1. The molecule has 2 aromatic rings. The summed E-state index contributed by atoms with van der Waals surface area (Å²) in [7, 11) is 0. The quantitative estimate of drug-likeness (QED) is 0.226. The lowest BCUT2D eigenvalue weighted by Crippen LogP contribution is -2.22. The van der Waals surface area contributed by atoms with Crippen LogP contribution in [0.1, 0.15) is 25.7 Å². The second kappa shape index (κ2) is 9.11. The van der Waals surface area contributed by atoms with Crippen LogP contribution in [0.4, 0.5) is 10.8 Å². The molecular formula is C15H13ClN4O5S. The molecule has 0 atom stereocenters. The molecule has 1 aromatic heterocycles. The van der Waals surface area contributed by atoms with Crippen LogP contribution < -0.4 is 5.32 Å². The summed E-state index contributed by atoms with van der Waals surface area (Å²) in [6.07, 6.45) is 0.981. The first-order valence-electron chi connectivity index (χ1n) is 7.47. The summed E-state index contributed by atoms with van der Waals surface area (Å²) >= 11 is 6.23. The van der Waals surface area contributed by atoms with Crippen LogP contribution in [-0.4, -0.2) is 32.1 Å². The molecule has 1 amide bonds. The Labute approximate surface area is 156 Å². The summed E-state index contributed by atoms with van der Waals surface area (Å²) in [5.74, 6) is -1.44. The Balaban J connectivity index is 1.90. The summed E-state index contributed by atoms with van der Waals surface area (Å²) in [6, 6.07) is 5.72. The second-order valence-corrected chi connectivity index (χ2v) is 6.55. The first-order valence-corrected chi connectivity index (χ1v) is 8.67. The minimum atomic E-state index is -0.811. The lowest BCUT2D eigenvalue weighted by molar-refractivity contribution is -0.384. The molecule has 2 rings (SSSR count). The van der Waals surface area contributed by atoms with Crippen molar-refractivity contribution in [2.45, 2.75) is 25.7 Å². The van der Waals surface area contributed by atoms with Gasteiger partial charge in [0.15, 0.2) is 0 Å². The molecule has 0 aliphatic rings. The number of amides is 1. The SMILES string of the molecule is O=C(Cl)CCCCC(=O)C(=O)Nc1nnc(-c2ccc([N+](=O)[O-])cc2)s1. The first kappa shape index (κ1) is 19.6. The van der Waals surface area contributed by atoms with Gasteiger partial charge in [0, 0.05) is 30.5 Å². The van der Waals surface area contributed by atoms with Crippen molar-refractivity contribution in [2.24, 2.45) is 0 Å². The molecule has 136 valence electrons. The standard InChI is InChI=1S/C15H13ClN4O5S/c16-12(22)4-2-1-3-11(21)13(23)17-15-19-18-14(26-15)9-5-7-10(8-6-9)20(24)25/h5-8H,1-4H2,(H,17,19,23). The summed E-state index contributed by atoms with van der Waals surface area (Å²) in [4.78, 5) is 44.3. The van der Waals surface area contributed by atoms with Gasteiger partial charge in [-0.3, -0.25) is 29.8 Å². The number of halogens is 1. The molecular weight excluding hydrogens is 384 g/mol. The molecule has 0 aliphatic heterocycles. The molecule has 0 fully saturated rings. The fraction of sp³-hybridized carbons (Fsp3) is 0.267. The summed E-state index contributed by atoms with van der Waals surface area (Å²) in [5.41, 5.74) is 0.555. The van der Waals surface area contributed by atoms with Crippen molar-refractivity contribution in [3.8, 4) is 10.6 Å². The van der Waals surface area contributed by atoms with E-state index < -0.39 is 21.9 Å². The molecule has 0 saturated carbocycles. The third-order valence-electron chi connectivity index (χ3n) is 3.25. The predicted molar refractivity (Wildman–Crippen MR) is 95.0 cm³/mol. The third-order valence-corrected chi connectivity index (χ3v) is 4.33. The zero-order chi connectivity index (χ0) is 19.1. The van der Waals surface area contributed by atoms with Crippen LogP contribution in [0.3, 0.4) is 0 Å². The largest absolute Gasteiger partial charge is 0.294 e. The molecule has 11 heteroatoms. The number of anilines is 1. The average Bonchev–Trinajstić information content (AvgIpc) is 3.06. The smallest absolute Gasteiger partial charge is 0.293 e. The van der Waals surface area contributed by atoms with Crippen molar-refractivity contribution in [2.75, 3.05) is 5.32 Å². The van der Waals surface area contributed by atoms with Gasteiger partial charge in [-0.2, -0.15) is 0 Å². The highest BCUT2D eigenvalue weighted by molar-refractivity contribution is 7.18. The molecule has 1 heterocycles. The molecule has 1 N–H and O–H groups in total. The monoisotopic (exact) mass is 396 g/mol. The van der Waals surface area contributed by atoms with E-state index >= 15 is 0 Å². The summed E-state index contributed by atoms with van der Waals surface area (Å²) in [5, 5.41) is 20.8. The lowest BCUT2D eigenvalue weighted by Gasteiger charge is -2.00. The highest BCUT2D eigenvalue weighted by Crippen LogP contribution is 2.27. The van der Waals surface area contributed by atoms with E-state index in [4.69, 9.17) is 11.6 Å². The van der Waals surface area contributed by atoms with E-state index in [1.54, 1.807) is 0 Å². The minimum Gasteiger partial charge on any atom is -0.294 e. The van der Waals surface area contributed by atoms with Gasteiger partial charge in [0.05, 0.1) is 4.92 Å². The second-order valence-electron chi connectivity index (χ2n) is 5.16. The van der Waals surface area contributed by atoms with E-state index in [-0.39, 0.29) is 23.7 Å². The zero-order valence-corrected chi connectivity index (χ0v) is 14.9. The number of nitro groups is 1. The molecule has 1 aromatic carbocycles. The fourth-order valence-electron chi connectivity index (χ4n) is 1.95. The Kier molecular flexibility index (Phi) is 6.87. The summed E-state index contributed by atoms with van der Waals surface area (Å²) in [6.45, 7) is 0. The molecule has 0 aliphatic carbocycles. The van der Waals surface area contributed by atoms with Gasteiger partial charge in [0.2, 0.25) is 16.2 Å². The number of benzene rings is 1. The Hall–Kier alpha value is -2.72. The molecule has 0 bridgehead atoms. The van der Waals surface area contributed by atoms with Gasteiger partial charge in [-0.05, 0) is 36.6 Å². The number of Topliss-reactive ketones (excluding diaryl/α,β-unsaturated/α-hetero) is 1. The number of carbonyl (C=O) groups excluding carboxylic acids is 3. The third kappa shape index (κ3) is 5.67.